The van der Waals surface area contributed by atoms with Gasteiger partial charge in [-0.15, -0.1) is 6.58 Å². The zero-order valence-corrected chi connectivity index (χ0v) is 22.4. The highest BCUT2D eigenvalue weighted by molar-refractivity contribution is 5.89. The molecule has 0 aliphatic rings. The van der Waals surface area contributed by atoms with Crippen molar-refractivity contribution in [1.82, 2.24) is 9.66 Å². The van der Waals surface area contributed by atoms with Crippen LogP contribution in [0.15, 0.2) is 100 Å². The fourth-order valence-corrected chi connectivity index (χ4v) is 4.47. The van der Waals surface area contributed by atoms with Crippen LogP contribution in [0, 0.1) is 0 Å². The molecule has 40 heavy (non-hydrogen) atoms. The minimum absolute atomic E-state index is 0.264. The van der Waals surface area contributed by atoms with Crippen molar-refractivity contribution in [2.75, 3.05) is 20.3 Å². The van der Waals surface area contributed by atoms with E-state index < -0.39 is 0 Å². The van der Waals surface area contributed by atoms with Gasteiger partial charge >= 0.3 is 0 Å². The number of aromatic nitrogens is 2. The van der Waals surface area contributed by atoms with E-state index in [9.17, 15) is 4.79 Å². The molecule has 3 aromatic carbocycles. The molecule has 0 fully saturated rings. The van der Waals surface area contributed by atoms with Crippen LogP contribution in [0.25, 0.3) is 33.5 Å². The molecule has 5 aromatic rings. The molecule has 2 heterocycles. The van der Waals surface area contributed by atoms with Crippen LogP contribution in [0.2, 0.25) is 0 Å². The number of ether oxygens (including phenoxy) is 3. The van der Waals surface area contributed by atoms with E-state index in [0.717, 1.165) is 10.9 Å². The number of furan rings is 1. The number of hydrogen-bond acceptors (Lipinski definition) is 7. The van der Waals surface area contributed by atoms with Crippen LogP contribution in [0.1, 0.15) is 18.1 Å². The maximum Gasteiger partial charge on any atom is 0.282 e. The Morgan fingerprint density at radius 1 is 1.00 bits per heavy atom. The van der Waals surface area contributed by atoms with Gasteiger partial charge in [-0.2, -0.15) is 9.78 Å². The van der Waals surface area contributed by atoms with E-state index in [1.807, 2.05) is 43.3 Å². The summed E-state index contributed by atoms with van der Waals surface area (Å²) in [6.45, 7) is 10.3. The first kappa shape index (κ1) is 26.5. The van der Waals surface area contributed by atoms with Crippen molar-refractivity contribution in [2.45, 2.75) is 13.3 Å². The van der Waals surface area contributed by atoms with Crippen molar-refractivity contribution in [3.8, 4) is 28.8 Å². The summed E-state index contributed by atoms with van der Waals surface area (Å²) in [4.78, 5) is 18.4. The van der Waals surface area contributed by atoms with E-state index in [0.29, 0.717) is 64.7 Å². The molecule has 8 heteroatoms. The highest BCUT2D eigenvalue weighted by Gasteiger charge is 2.18. The first-order chi connectivity index (χ1) is 19.6. The topological polar surface area (TPSA) is 88.1 Å². The van der Waals surface area contributed by atoms with Crippen molar-refractivity contribution in [2.24, 2.45) is 5.10 Å². The lowest BCUT2D eigenvalue weighted by Crippen LogP contribution is -2.20. The highest BCUT2D eigenvalue weighted by atomic mass is 16.5. The lowest BCUT2D eigenvalue weighted by Gasteiger charge is -2.16. The summed E-state index contributed by atoms with van der Waals surface area (Å²) in [5.41, 5.74) is 2.41. The number of allylic oxidation sites excluding steroid dienone is 1. The lowest BCUT2D eigenvalue weighted by atomic mass is 10.1. The number of rotatable bonds is 11. The minimum Gasteiger partial charge on any atom is -0.496 e. The molecule has 0 saturated carbocycles. The molecule has 0 spiro atoms. The molecular weight excluding hydrogens is 506 g/mol. The van der Waals surface area contributed by atoms with E-state index >= 15 is 0 Å². The van der Waals surface area contributed by atoms with Crippen molar-refractivity contribution in [3.63, 3.8) is 0 Å². The smallest absolute Gasteiger partial charge is 0.282 e. The Bertz CT molecular complexity index is 1800. The van der Waals surface area contributed by atoms with Crippen LogP contribution in [0.4, 0.5) is 0 Å². The second-order valence-electron chi connectivity index (χ2n) is 8.83. The molecular formula is C32H29N3O5. The van der Waals surface area contributed by atoms with Crippen LogP contribution >= 0.6 is 0 Å². The molecule has 0 aliphatic heterocycles. The molecule has 0 amide bonds. The van der Waals surface area contributed by atoms with Gasteiger partial charge < -0.3 is 18.6 Å². The first-order valence-corrected chi connectivity index (χ1v) is 12.8. The Labute approximate surface area is 231 Å². The molecule has 202 valence electrons. The predicted octanol–water partition coefficient (Wildman–Crippen LogP) is 6.39. The summed E-state index contributed by atoms with van der Waals surface area (Å²) < 4.78 is 24.6. The molecule has 0 saturated heterocycles. The maximum atomic E-state index is 13.7. The number of nitrogens with zero attached hydrogens (tertiary/aromatic N) is 3. The van der Waals surface area contributed by atoms with E-state index in [-0.39, 0.29) is 11.4 Å². The molecule has 0 N–H and O–H groups in total. The normalized spacial score (nSPS) is 11.2. The van der Waals surface area contributed by atoms with Gasteiger partial charge in [0.05, 0.1) is 36.2 Å². The first-order valence-electron chi connectivity index (χ1n) is 12.8. The third-order valence-corrected chi connectivity index (χ3v) is 6.20. The van der Waals surface area contributed by atoms with Crippen molar-refractivity contribution >= 4 is 28.1 Å². The second kappa shape index (κ2) is 11.7. The molecule has 2 aromatic heterocycles. The van der Waals surface area contributed by atoms with Crippen LogP contribution in [-0.2, 0) is 6.42 Å². The second-order valence-corrected chi connectivity index (χ2v) is 8.83. The summed E-state index contributed by atoms with van der Waals surface area (Å²) in [7, 11) is 1.60. The fraction of sp³-hybridized carbons (Fsp3) is 0.156. The quantitative estimate of drug-likeness (QED) is 0.144. The van der Waals surface area contributed by atoms with Crippen LogP contribution in [0.3, 0.4) is 0 Å². The molecule has 5 rings (SSSR count). The number of para-hydroxylation sites is 1. The van der Waals surface area contributed by atoms with Gasteiger partial charge in [0.2, 0.25) is 5.82 Å². The summed E-state index contributed by atoms with van der Waals surface area (Å²) in [6.07, 6.45) is 5.62. The average molecular weight is 536 g/mol. The summed E-state index contributed by atoms with van der Waals surface area (Å²) in [5, 5.41) is 5.80. The molecule has 0 unspecified atom stereocenters. The molecule has 8 nitrogen and oxygen atoms in total. The van der Waals surface area contributed by atoms with Crippen molar-refractivity contribution in [1.29, 1.82) is 0 Å². The van der Waals surface area contributed by atoms with E-state index in [2.05, 4.69) is 18.3 Å². The SMILES string of the molecule is C=CCOc1c(CC=C)cc(C=Nn2c(-c3cc4c(OC)cccc4o3)nc3ccccc3c2=O)cc1OCC. The number of hydrogen-bond donors (Lipinski definition) is 0. The van der Waals surface area contributed by atoms with Crippen molar-refractivity contribution in [3.05, 3.63) is 107 Å². The molecule has 0 radical (unpaired) electrons. The largest absolute Gasteiger partial charge is 0.496 e. The van der Waals surface area contributed by atoms with Gasteiger partial charge in [-0.3, -0.25) is 4.79 Å². The van der Waals surface area contributed by atoms with Gasteiger partial charge in [0.15, 0.2) is 17.3 Å². The number of methoxy groups -OCH3 is 1. The number of benzene rings is 3. The summed E-state index contributed by atoms with van der Waals surface area (Å²) in [5.74, 6) is 2.50. The fourth-order valence-electron chi connectivity index (χ4n) is 4.47. The Balaban J connectivity index is 1.68. The zero-order chi connectivity index (χ0) is 28.1. The Morgan fingerprint density at radius 2 is 1.85 bits per heavy atom. The molecule has 0 aliphatic carbocycles. The monoisotopic (exact) mass is 535 g/mol. The van der Waals surface area contributed by atoms with E-state index in [1.54, 1.807) is 49.7 Å². The predicted molar refractivity (Wildman–Crippen MR) is 158 cm³/mol. The maximum absolute atomic E-state index is 13.7. The van der Waals surface area contributed by atoms with Gasteiger partial charge in [0.1, 0.15) is 17.9 Å². The van der Waals surface area contributed by atoms with Gasteiger partial charge in [0, 0.05) is 5.56 Å². The van der Waals surface area contributed by atoms with Crippen LogP contribution in [0.5, 0.6) is 17.2 Å². The Hall–Kier alpha value is -5.11. The van der Waals surface area contributed by atoms with Crippen molar-refractivity contribution < 1.29 is 18.6 Å². The average Bonchev–Trinajstić information content (AvgIpc) is 3.41. The standard InChI is InChI=1S/C32H29N3O5/c1-5-11-22-17-21(18-28(38-7-3)30(22)39-16-6-2)20-33-35-31(34-25-13-9-8-12-23(25)32(35)36)29-19-24-26(37-4)14-10-15-27(24)40-29/h5-6,8-10,12-15,17-20H,1-2,7,11,16H2,3-4H3. The van der Waals surface area contributed by atoms with Gasteiger partial charge in [0.25, 0.3) is 5.56 Å². The lowest BCUT2D eigenvalue weighted by molar-refractivity contribution is 0.295. The molecule has 0 atom stereocenters. The zero-order valence-electron chi connectivity index (χ0n) is 22.4. The third kappa shape index (κ3) is 5.11. The Kier molecular flexibility index (Phi) is 7.77. The van der Waals surface area contributed by atoms with E-state index in [1.165, 1.54) is 4.68 Å². The third-order valence-electron chi connectivity index (χ3n) is 6.20. The van der Waals surface area contributed by atoms with E-state index in [4.69, 9.17) is 23.6 Å². The van der Waals surface area contributed by atoms with Gasteiger partial charge in [-0.05, 0) is 61.4 Å². The molecule has 0 bridgehead atoms. The van der Waals surface area contributed by atoms with Gasteiger partial charge in [-0.25, -0.2) is 4.98 Å². The van der Waals surface area contributed by atoms with Crippen LogP contribution in [-0.4, -0.2) is 36.2 Å². The number of fused-ring (bicyclic) bond motifs is 2. The Morgan fingerprint density at radius 3 is 2.62 bits per heavy atom. The highest BCUT2D eigenvalue weighted by Crippen LogP contribution is 2.35. The minimum atomic E-state index is -0.327. The summed E-state index contributed by atoms with van der Waals surface area (Å²) in [6, 6.07) is 18.2. The summed E-state index contributed by atoms with van der Waals surface area (Å²) >= 11 is 0. The van der Waals surface area contributed by atoms with Gasteiger partial charge in [-0.1, -0.05) is 36.9 Å². The van der Waals surface area contributed by atoms with Crippen LogP contribution < -0.4 is 19.8 Å².